The van der Waals surface area contributed by atoms with Crippen LogP contribution in [0.15, 0.2) is 6.07 Å². The Hall–Kier alpha value is -1.29. The minimum atomic E-state index is -0.131. The van der Waals surface area contributed by atoms with Crippen LogP contribution in [-0.2, 0) is 4.74 Å². The highest BCUT2D eigenvalue weighted by Crippen LogP contribution is 2.16. The first kappa shape index (κ1) is 10.8. The zero-order valence-electron chi connectivity index (χ0n) is 8.65. The Morgan fingerprint density at radius 2 is 2.29 bits per heavy atom. The molecule has 14 heavy (non-hydrogen) atoms. The third-order valence-corrected chi connectivity index (χ3v) is 1.96. The summed E-state index contributed by atoms with van der Waals surface area (Å²) in [6.45, 7) is 3.82. The molecule has 76 valence electrons. The summed E-state index contributed by atoms with van der Waals surface area (Å²) >= 11 is 0. The molecule has 1 heterocycles. The smallest absolute Gasteiger partial charge is 0.168 e. The van der Waals surface area contributed by atoms with E-state index in [4.69, 9.17) is 4.74 Å². The zero-order valence-corrected chi connectivity index (χ0v) is 8.65. The molecule has 1 rings (SSSR count). The van der Waals surface area contributed by atoms with E-state index in [0.29, 0.717) is 11.5 Å². The molecule has 0 radical (unpaired) electrons. The van der Waals surface area contributed by atoms with Crippen molar-refractivity contribution in [2.45, 2.75) is 26.4 Å². The predicted octanol–water partition coefficient (Wildman–Crippen LogP) is 1.70. The van der Waals surface area contributed by atoms with Crippen molar-refractivity contribution in [3.05, 3.63) is 23.3 Å². The molecule has 1 aromatic rings. The molecule has 0 N–H and O–H groups in total. The monoisotopic (exact) mass is 194 g/mol. The van der Waals surface area contributed by atoms with E-state index in [1.165, 1.54) is 0 Å². The topological polar surface area (TPSA) is 52.1 Å². The minimum absolute atomic E-state index is 0.131. The number of methoxy groups -OCH3 is 1. The van der Waals surface area contributed by atoms with Crippen molar-refractivity contribution in [3.63, 3.8) is 0 Å². The largest absolute Gasteiger partial charge is 0.373 e. The van der Waals surface area contributed by atoms with Gasteiger partial charge in [-0.2, -0.15) is 0 Å². The third kappa shape index (κ3) is 2.35. The van der Waals surface area contributed by atoms with Crippen LogP contribution < -0.4 is 0 Å². The van der Waals surface area contributed by atoms with E-state index in [0.717, 1.165) is 18.4 Å². The maximum atomic E-state index is 10.6. The van der Waals surface area contributed by atoms with Gasteiger partial charge in [-0.1, -0.05) is 6.92 Å². The fourth-order valence-corrected chi connectivity index (χ4v) is 1.28. The number of carbonyl (C=O) groups is 1. The number of hydrogen-bond donors (Lipinski definition) is 0. The van der Waals surface area contributed by atoms with Gasteiger partial charge in [0.1, 0.15) is 11.8 Å². The van der Waals surface area contributed by atoms with Gasteiger partial charge < -0.3 is 4.74 Å². The Kier molecular flexibility index (Phi) is 3.71. The number of aldehydes is 1. The molecule has 0 spiro atoms. The van der Waals surface area contributed by atoms with E-state index in [9.17, 15) is 4.79 Å². The van der Waals surface area contributed by atoms with Crippen molar-refractivity contribution >= 4 is 6.29 Å². The number of nitrogens with zero attached hydrogens (tertiary/aromatic N) is 2. The van der Waals surface area contributed by atoms with E-state index >= 15 is 0 Å². The number of rotatable bonds is 4. The van der Waals surface area contributed by atoms with E-state index in [1.807, 2.05) is 13.8 Å². The van der Waals surface area contributed by atoms with Gasteiger partial charge in [-0.05, 0) is 19.4 Å². The summed E-state index contributed by atoms with van der Waals surface area (Å²) in [5, 5.41) is 0. The lowest BCUT2D eigenvalue weighted by atomic mass is 10.2. The van der Waals surface area contributed by atoms with E-state index < -0.39 is 0 Å². The van der Waals surface area contributed by atoms with Crippen LogP contribution in [0.2, 0.25) is 0 Å². The molecule has 1 atom stereocenters. The molecule has 0 amide bonds. The molecule has 0 bridgehead atoms. The summed E-state index contributed by atoms with van der Waals surface area (Å²) in [6, 6.07) is 1.65. The Balaban J connectivity index is 3.07. The van der Waals surface area contributed by atoms with Crippen molar-refractivity contribution in [2.75, 3.05) is 7.11 Å². The lowest BCUT2D eigenvalue weighted by Gasteiger charge is -2.11. The summed E-state index contributed by atoms with van der Waals surface area (Å²) in [5.41, 5.74) is 1.19. The van der Waals surface area contributed by atoms with Crippen molar-refractivity contribution in [1.82, 2.24) is 9.97 Å². The second-order valence-corrected chi connectivity index (χ2v) is 3.04. The summed E-state index contributed by atoms with van der Waals surface area (Å²) < 4.78 is 5.20. The van der Waals surface area contributed by atoms with Gasteiger partial charge in [0.05, 0.1) is 0 Å². The van der Waals surface area contributed by atoms with Gasteiger partial charge in [0, 0.05) is 12.8 Å². The SMILES string of the molecule is CCC(OC)c1nc(C)cc(C=O)n1. The Bertz CT molecular complexity index is 322. The molecular formula is C10H14N2O2. The molecule has 4 nitrogen and oxygen atoms in total. The summed E-state index contributed by atoms with van der Waals surface area (Å²) in [6.07, 6.45) is 1.38. The first-order chi connectivity index (χ1) is 6.71. The highest BCUT2D eigenvalue weighted by Gasteiger charge is 2.12. The van der Waals surface area contributed by atoms with Crippen LogP contribution >= 0.6 is 0 Å². The molecule has 0 aromatic carbocycles. The number of ether oxygens (including phenoxy) is 1. The Morgan fingerprint density at radius 1 is 1.57 bits per heavy atom. The van der Waals surface area contributed by atoms with Gasteiger partial charge in [0.15, 0.2) is 12.1 Å². The van der Waals surface area contributed by atoms with Gasteiger partial charge in [-0.25, -0.2) is 9.97 Å². The highest BCUT2D eigenvalue weighted by molar-refractivity contribution is 5.71. The van der Waals surface area contributed by atoms with Crippen LogP contribution in [0.4, 0.5) is 0 Å². The van der Waals surface area contributed by atoms with Crippen molar-refractivity contribution in [1.29, 1.82) is 0 Å². The van der Waals surface area contributed by atoms with E-state index in [-0.39, 0.29) is 6.10 Å². The molecule has 0 saturated heterocycles. The fraction of sp³-hybridized carbons (Fsp3) is 0.500. The van der Waals surface area contributed by atoms with Crippen LogP contribution in [0.3, 0.4) is 0 Å². The molecule has 0 aliphatic heterocycles. The van der Waals surface area contributed by atoms with Crippen LogP contribution in [0.5, 0.6) is 0 Å². The first-order valence-electron chi connectivity index (χ1n) is 4.54. The maximum absolute atomic E-state index is 10.6. The van der Waals surface area contributed by atoms with E-state index in [2.05, 4.69) is 9.97 Å². The summed E-state index contributed by atoms with van der Waals surface area (Å²) in [5.74, 6) is 0.581. The molecule has 4 heteroatoms. The molecule has 0 aliphatic carbocycles. The predicted molar refractivity (Wildman–Crippen MR) is 52.2 cm³/mol. The second-order valence-electron chi connectivity index (χ2n) is 3.04. The average Bonchev–Trinajstić information content (AvgIpc) is 2.19. The standard InChI is InChI=1S/C10H14N2O2/c1-4-9(14-3)10-11-7(2)5-8(6-13)12-10/h5-6,9H,4H2,1-3H3. The minimum Gasteiger partial charge on any atom is -0.373 e. The Labute approximate surface area is 83.3 Å². The molecule has 0 aliphatic rings. The number of aryl methyl sites for hydroxylation is 1. The van der Waals surface area contributed by atoms with Gasteiger partial charge in [0.25, 0.3) is 0 Å². The third-order valence-electron chi connectivity index (χ3n) is 1.96. The van der Waals surface area contributed by atoms with Crippen LogP contribution in [0.1, 0.15) is 41.5 Å². The van der Waals surface area contributed by atoms with Gasteiger partial charge in [-0.15, -0.1) is 0 Å². The maximum Gasteiger partial charge on any atom is 0.168 e. The van der Waals surface area contributed by atoms with Gasteiger partial charge in [0.2, 0.25) is 0 Å². The number of carbonyl (C=O) groups excluding carboxylic acids is 1. The van der Waals surface area contributed by atoms with Crippen molar-refractivity contribution in [3.8, 4) is 0 Å². The fourth-order valence-electron chi connectivity index (χ4n) is 1.28. The molecule has 1 unspecified atom stereocenters. The quantitative estimate of drug-likeness (QED) is 0.684. The van der Waals surface area contributed by atoms with Crippen LogP contribution in [-0.4, -0.2) is 23.4 Å². The van der Waals surface area contributed by atoms with Crippen LogP contribution in [0.25, 0.3) is 0 Å². The summed E-state index contributed by atoms with van der Waals surface area (Å²) in [7, 11) is 1.61. The molecule has 0 fully saturated rings. The number of hydrogen-bond acceptors (Lipinski definition) is 4. The lowest BCUT2D eigenvalue weighted by molar-refractivity contribution is 0.0919. The molecule has 1 aromatic heterocycles. The highest BCUT2D eigenvalue weighted by atomic mass is 16.5. The molecule has 0 saturated carbocycles. The molecular weight excluding hydrogens is 180 g/mol. The average molecular weight is 194 g/mol. The number of aromatic nitrogens is 2. The second kappa shape index (κ2) is 4.81. The normalized spacial score (nSPS) is 12.5. The lowest BCUT2D eigenvalue weighted by Crippen LogP contribution is -2.08. The van der Waals surface area contributed by atoms with Crippen molar-refractivity contribution < 1.29 is 9.53 Å². The van der Waals surface area contributed by atoms with Gasteiger partial charge in [-0.3, -0.25) is 4.79 Å². The van der Waals surface area contributed by atoms with Crippen LogP contribution in [0, 0.1) is 6.92 Å². The first-order valence-corrected chi connectivity index (χ1v) is 4.54. The summed E-state index contributed by atoms with van der Waals surface area (Å²) in [4.78, 5) is 18.9. The zero-order chi connectivity index (χ0) is 10.6. The van der Waals surface area contributed by atoms with E-state index in [1.54, 1.807) is 13.2 Å². The van der Waals surface area contributed by atoms with Crippen molar-refractivity contribution in [2.24, 2.45) is 0 Å². The Morgan fingerprint density at radius 3 is 2.79 bits per heavy atom. The van der Waals surface area contributed by atoms with Gasteiger partial charge >= 0.3 is 0 Å².